The Morgan fingerprint density at radius 3 is 1.02 bits per heavy atom. The van der Waals surface area contributed by atoms with Gasteiger partial charge in [0.2, 0.25) is 0 Å². The van der Waals surface area contributed by atoms with Gasteiger partial charge in [-0.15, -0.1) is 6.58 Å². The average Bonchev–Trinajstić information content (AvgIpc) is 3.00. The molecule has 0 spiro atoms. The summed E-state index contributed by atoms with van der Waals surface area (Å²) in [5, 5.41) is 0. The first-order chi connectivity index (χ1) is 20.0. The van der Waals surface area contributed by atoms with E-state index in [1.807, 2.05) is 0 Å². The summed E-state index contributed by atoms with van der Waals surface area (Å²) >= 11 is 0. The summed E-state index contributed by atoms with van der Waals surface area (Å²) in [6, 6.07) is 0. The molecule has 9 fully saturated rings. The molecule has 0 aliphatic carbocycles. The van der Waals surface area contributed by atoms with Crippen molar-refractivity contribution in [1.29, 1.82) is 0 Å². The first kappa shape index (κ1) is 31.2. The van der Waals surface area contributed by atoms with Crippen molar-refractivity contribution in [2.75, 3.05) is 112 Å². The second kappa shape index (κ2) is 11.9. The zero-order valence-electron chi connectivity index (χ0n) is 25.1. The van der Waals surface area contributed by atoms with Crippen LogP contribution in [0.5, 0.6) is 0 Å². The average molecular weight is 603 g/mol. The second-order valence-electron chi connectivity index (χ2n) is 13.5. The highest BCUT2D eigenvalue weighted by Gasteiger charge is 2.53. The lowest BCUT2D eigenvalue weighted by Gasteiger charge is -2.51. The minimum atomic E-state index is -0.968. The molecular weight excluding hydrogens is 556 g/mol. The molecule has 9 heterocycles. The summed E-state index contributed by atoms with van der Waals surface area (Å²) < 4.78 is 77.2. The highest BCUT2D eigenvalue weighted by Crippen LogP contribution is 2.41. The molecule has 42 heavy (non-hydrogen) atoms. The predicted octanol–water partition coefficient (Wildman–Crippen LogP) is 1.44. The van der Waals surface area contributed by atoms with Gasteiger partial charge >= 0.3 is 0 Å². The van der Waals surface area contributed by atoms with Crippen molar-refractivity contribution >= 4 is 0 Å². The van der Waals surface area contributed by atoms with Gasteiger partial charge in [-0.1, -0.05) is 6.08 Å². The molecule has 0 aromatic rings. The van der Waals surface area contributed by atoms with Crippen molar-refractivity contribution < 1.29 is 61.6 Å². The molecule has 6 bridgehead atoms. The van der Waals surface area contributed by atoms with E-state index in [1.54, 1.807) is 26.8 Å². The van der Waals surface area contributed by atoms with Gasteiger partial charge < -0.3 is 61.6 Å². The highest BCUT2D eigenvalue weighted by atomic mass is 16.9. The molecule has 13 nitrogen and oxygen atoms in total. The summed E-state index contributed by atoms with van der Waals surface area (Å²) in [5.74, 6) is -2.90. The molecule has 0 amide bonds. The third kappa shape index (κ3) is 6.74. The maximum Gasteiger partial charge on any atom is 0.279 e. The van der Waals surface area contributed by atoms with E-state index in [0.29, 0.717) is 112 Å². The third-order valence-corrected chi connectivity index (χ3v) is 8.86. The van der Waals surface area contributed by atoms with Crippen LogP contribution in [0.1, 0.15) is 20.8 Å². The molecule has 9 aliphatic heterocycles. The van der Waals surface area contributed by atoms with Crippen LogP contribution in [0.4, 0.5) is 0 Å². The molecule has 0 saturated carbocycles. The van der Waals surface area contributed by atoms with Gasteiger partial charge in [0.25, 0.3) is 17.9 Å². The van der Waals surface area contributed by atoms with Crippen LogP contribution in [0.25, 0.3) is 0 Å². The Labute approximate surface area is 247 Å². The molecule has 13 heteroatoms. The maximum absolute atomic E-state index is 6.40. The number of hydrogen-bond donors (Lipinski definition) is 0. The molecule has 9 aliphatic rings. The van der Waals surface area contributed by atoms with Crippen LogP contribution in [0, 0.1) is 21.7 Å². The monoisotopic (exact) mass is 602 g/mol. The Balaban J connectivity index is 1.10. The van der Waals surface area contributed by atoms with Gasteiger partial charge in [0.15, 0.2) is 0 Å². The van der Waals surface area contributed by atoms with Crippen molar-refractivity contribution in [3.05, 3.63) is 12.7 Å². The van der Waals surface area contributed by atoms with Gasteiger partial charge in [-0.25, -0.2) is 0 Å². The zero-order chi connectivity index (χ0) is 29.4. The summed E-state index contributed by atoms with van der Waals surface area (Å²) in [4.78, 5) is 0. The van der Waals surface area contributed by atoms with Crippen LogP contribution in [0.15, 0.2) is 12.7 Å². The standard InChI is InChI=1S/C29H46O13/c1-5-6-30-7-26(8-31-11-27-14-34-23(2,35-15-27)36-16-27,9-32-12-28-17-37-24(3,38-18-28)39-19-28)10-33-13-29-20-40-25(4,41-21-29)42-22-29/h5H,1,6-22H2,2-4H3. The molecule has 0 atom stereocenters. The Morgan fingerprint density at radius 2 is 0.762 bits per heavy atom. The largest absolute Gasteiger partial charge is 0.380 e. The molecule has 240 valence electrons. The van der Waals surface area contributed by atoms with Gasteiger partial charge in [-0.05, 0) is 0 Å². The van der Waals surface area contributed by atoms with Crippen LogP contribution < -0.4 is 0 Å². The fourth-order valence-corrected chi connectivity index (χ4v) is 5.74. The lowest BCUT2D eigenvalue weighted by molar-refractivity contribution is -0.463. The minimum absolute atomic E-state index is 0.312. The minimum Gasteiger partial charge on any atom is -0.380 e. The second-order valence-corrected chi connectivity index (χ2v) is 13.5. The van der Waals surface area contributed by atoms with Crippen molar-refractivity contribution in [3.8, 4) is 0 Å². The summed E-state index contributed by atoms with van der Waals surface area (Å²) in [5.41, 5.74) is -1.78. The van der Waals surface area contributed by atoms with Gasteiger partial charge in [0.05, 0.1) is 134 Å². The van der Waals surface area contributed by atoms with Crippen molar-refractivity contribution in [3.63, 3.8) is 0 Å². The number of rotatable bonds is 16. The van der Waals surface area contributed by atoms with E-state index in [1.165, 1.54) is 0 Å². The summed E-state index contributed by atoms with van der Waals surface area (Å²) in [6.45, 7) is 16.5. The third-order valence-electron chi connectivity index (χ3n) is 8.86. The Hall–Kier alpha value is -0.780. The van der Waals surface area contributed by atoms with E-state index in [-0.39, 0.29) is 16.2 Å². The Bertz CT molecular complexity index is 775. The molecular formula is C29H46O13. The number of hydrogen-bond acceptors (Lipinski definition) is 13. The molecule has 9 saturated heterocycles. The number of fused-ring (bicyclic) bond motifs is 9. The summed E-state index contributed by atoms with van der Waals surface area (Å²) in [6.07, 6.45) is 1.72. The maximum atomic E-state index is 6.40. The smallest absolute Gasteiger partial charge is 0.279 e. The molecule has 9 rings (SSSR count). The lowest BCUT2D eigenvalue weighted by Crippen LogP contribution is -2.61. The lowest BCUT2D eigenvalue weighted by atomic mass is 9.88. The van der Waals surface area contributed by atoms with Gasteiger partial charge in [-0.2, -0.15) is 0 Å². The summed E-state index contributed by atoms with van der Waals surface area (Å²) in [7, 11) is 0. The zero-order valence-corrected chi connectivity index (χ0v) is 25.1. The SMILES string of the molecule is C=CCOCC(COCC12COC(C)(OC1)OC2)(COCC12COC(C)(OC1)OC2)COCC12COC(C)(OC1)OC2. The van der Waals surface area contributed by atoms with Crippen molar-refractivity contribution in [2.24, 2.45) is 21.7 Å². The quantitative estimate of drug-likeness (QED) is 0.187. The van der Waals surface area contributed by atoms with E-state index in [9.17, 15) is 0 Å². The first-order valence-electron chi connectivity index (χ1n) is 14.7. The molecule has 0 aromatic heterocycles. The van der Waals surface area contributed by atoms with Crippen LogP contribution in [0.3, 0.4) is 0 Å². The van der Waals surface area contributed by atoms with Crippen LogP contribution in [0.2, 0.25) is 0 Å². The van der Waals surface area contributed by atoms with E-state index in [2.05, 4.69) is 6.58 Å². The molecule has 0 radical (unpaired) electrons. The Morgan fingerprint density at radius 1 is 0.500 bits per heavy atom. The predicted molar refractivity (Wildman–Crippen MR) is 142 cm³/mol. The van der Waals surface area contributed by atoms with Crippen LogP contribution in [-0.4, -0.2) is 130 Å². The van der Waals surface area contributed by atoms with Gasteiger partial charge in [-0.3, -0.25) is 0 Å². The van der Waals surface area contributed by atoms with E-state index in [4.69, 9.17) is 61.6 Å². The fraction of sp³-hybridized carbons (Fsp3) is 0.931. The van der Waals surface area contributed by atoms with Crippen molar-refractivity contribution in [2.45, 2.75) is 38.7 Å². The van der Waals surface area contributed by atoms with Crippen molar-refractivity contribution in [1.82, 2.24) is 0 Å². The van der Waals surface area contributed by atoms with Crippen LogP contribution >= 0.6 is 0 Å². The molecule has 0 N–H and O–H groups in total. The van der Waals surface area contributed by atoms with Gasteiger partial charge in [0.1, 0.15) is 0 Å². The van der Waals surface area contributed by atoms with E-state index >= 15 is 0 Å². The highest BCUT2D eigenvalue weighted by molar-refractivity contribution is 4.91. The van der Waals surface area contributed by atoms with E-state index in [0.717, 1.165) is 0 Å². The molecule has 0 unspecified atom stereocenters. The number of ether oxygens (including phenoxy) is 13. The molecule has 0 aromatic carbocycles. The Kier molecular flexibility index (Phi) is 8.82. The van der Waals surface area contributed by atoms with Crippen LogP contribution in [-0.2, 0) is 61.6 Å². The topological polar surface area (TPSA) is 120 Å². The van der Waals surface area contributed by atoms with E-state index < -0.39 is 23.3 Å². The fourth-order valence-electron chi connectivity index (χ4n) is 5.74. The normalized spacial score (nSPS) is 43.9. The first-order valence-corrected chi connectivity index (χ1v) is 14.7. The van der Waals surface area contributed by atoms with Gasteiger partial charge in [0, 0.05) is 20.8 Å².